The highest BCUT2D eigenvalue weighted by atomic mass is 32.1. The number of aryl methyl sites for hydroxylation is 1. The minimum atomic E-state index is 0.268. The highest BCUT2D eigenvalue weighted by Crippen LogP contribution is 2.31. The Balaban J connectivity index is 1.35. The summed E-state index contributed by atoms with van der Waals surface area (Å²) in [6, 6.07) is 0. The second-order valence-corrected chi connectivity index (χ2v) is 8.90. The quantitative estimate of drug-likeness (QED) is 0.851. The van der Waals surface area contributed by atoms with Crippen molar-refractivity contribution in [1.29, 1.82) is 0 Å². The van der Waals surface area contributed by atoms with Crippen molar-refractivity contribution in [2.75, 3.05) is 18.4 Å². The van der Waals surface area contributed by atoms with Gasteiger partial charge in [0, 0.05) is 42.2 Å². The summed E-state index contributed by atoms with van der Waals surface area (Å²) < 4.78 is 0. The number of rotatable bonds is 4. The molecule has 0 radical (unpaired) electrons. The Bertz CT molecular complexity index is 778. The van der Waals surface area contributed by atoms with Crippen LogP contribution < -0.4 is 5.32 Å². The van der Waals surface area contributed by atoms with E-state index in [1.165, 1.54) is 19.3 Å². The van der Waals surface area contributed by atoms with E-state index in [0.29, 0.717) is 11.8 Å². The Morgan fingerprint density at radius 2 is 1.89 bits per heavy atom. The van der Waals surface area contributed by atoms with E-state index in [1.807, 2.05) is 19.3 Å². The third kappa shape index (κ3) is 4.46. The average Bonchev–Trinajstić information content (AvgIpc) is 3.13. The largest absolute Gasteiger partial charge is 0.342 e. The maximum Gasteiger partial charge on any atom is 0.225 e. The molecule has 0 atom stereocenters. The molecule has 1 aliphatic carbocycles. The number of hydrogen-bond acceptors (Lipinski definition) is 6. The number of carbonyl (C=O) groups is 1. The molecule has 6 nitrogen and oxygen atoms in total. The highest BCUT2D eigenvalue weighted by Gasteiger charge is 2.30. The molecule has 144 valence electrons. The number of nitrogens with zero attached hydrogens (tertiary/aromatic N) is 4. The minimum absolute atomic E-state index is 0.268. The van der Waals surface area contributed by atoms with Gasteiger partial charge in [-0.1, -0.05) is 19.3 Å². The Kier molecular flexibility index (Phi) is 5.66. The van der Waals surface area contributed by atoms with E-state index in [4.69, 9.17) is 4.98 Å². The molecule has 0 unspecified atom stereocenters. The lowest BCUT2D eigenvalue weighted by molar-refractivity contribution is -0.137. The smallest absolute Gasteiger partial charge is 0.225 e. The molecule has 0 spiro atoms. The predicted molar refractivity (Wildman–Crippen MR) is 107 cm³/mol. The normalized spacial score (nSPS) is 19.2. The van der Waals surface area contributed by atoms with Gasteiger partial charge in [0.05, 0.1) is 11.9 Å². The number of carbonyl (C=O) groups excluding carboxylic acids is 1. The van der Waals surface area contributed by atoms with Gasteiger partial charge in [0.2, 0.25) is 5.91 Å². The summed E-state index contributed by atoms with van der Waals surface area (Å²) in [7, 11) is 0. The van der Waals surface area contributed by atoms with Crippen LogP contribution in [0.3, 0.4) is 0 Å². The Labute approximate surface area is 164 Å². The van der Waals surface area contributed by atoms with E-state index < -0.39 is 0 Å². The van der Waals surface area contributed by atoms with Crippen LogP contribution in [0, 0.1) is 12.8 Å². The van der Waals surface area contributed by atoms with Gasteiger partial charge >= 0.3 is 0 Å². The maximum atomic E-state index is 12.7. The number of likely N-dealkylation sites (tertiary alicyclic amines) is 1. The van der Waals surface area contributed by atoms with Crippen LogP contribution in [0.2, 0.25) is 0 Å². The topological polar surface area (TPSA) is 71.0 Å². The first-order chi connectivity index (χ1) is 13.2. The van der Waals surface area contributed by atoms with E-state index >= 15 is 0 Å². The SMILES string of the molecule is Cc1cnc(Nc2cncc(C3CCN(C(=O)C4CCCCC4)CC3)n2)s1. The standard InChI is InChI=1S/C20H27N5OS/c1-14-11-22-20(27-14)24-18-13-21-12-17(23-18)15-7-9-25(10-8-15)19(26)16-5-3-2-4-6-16/h11-13,15-16H,2-10H2,1H3,(H,22,23,24). The van der Waals surface area contributed by atoms with E-state index in [0.717, 1.165) is 60.3 Å². The van der Waals surface area contributed by atoms with Gasteiger partial charge < -0.3 is 10.2 Å². The lowest BCUT2D eigenvalue weighted by Crippen LogP contribution is -2.42. The fraction of sp³-hybridized carbons (Fsp3) is 0.600. The van der Waals surface area contributed by atoms with E-state index in [9.17, 15) is 4.79 Å². The Morgan fingerprint density at radius 3 is 2.59 bits per heavy atom. The second-order valence-electron chi connectivity index (χ2n) is 7.66. The highest BCUT2D eigenvalue weighted by molar-refractivity contribution is 7.15. The van der Waals surface area contributed by atoms with Crippen molar-refractivity contribution in [3.05, 3.63) is 29.2 Å². The molecule has 2 aromatic heterocycles. The number of thiazole rings is 1. The third-order valence-electron chi connectivity index (χ3n) is 5.69. The minimum Gasteiger partial charge on any atom is -0.342 e. The molecule has 0 aromatic carbocycles. The summed E-state index contributed by atoms with van der Waals surface area (Å²) in [6.45, 7) is 3.71. The summed E-state index contributed by atoms with van der Waals surface area (Å²) >= 11 is 1.61. The maximum absolute atomic E-state index is 12.7. The number of aromatic nitrogens is 3. The van der Waals surface area contributed by atoms with Crippen LogP contribution in [0.4, 0.5) is 10.9 Å². The third-order valence-corrected chi connectivity index (χ3v) is 6.52. The molecule has 27 heavy (non-hydrogen) atoms. The first-order valence-electron chi connectivity index (χ1n) is 9.99. The molecule has 1 N–H and O–H groups in total. The fourth-order valence-corrected chi connectivity index (χ4v) is 4.83. The van der Waals surface area contributed by atoms with Gasteiger partial charge in [-0.15, -0.1) is 11.3 Å². The van der Waals surface area contributed by atoms with E-state index in [2.05, 4.69) is 20.2 Å². The molecule has 1 saturated carbocycles. The van der Waals surface area contributed by atoms with Crippen molar-refractivity contribution >= 4 is 28.2 Å². The number of nitrogens with one attached hydrogen (secondary N) is 1. The first-order valence-corrected chi connectivity index (χ1v) is 10.8. The molecule has 2 aliphatic rings. The first kappa shape index (κ1) is 18.3. The molecular weight excluding hydrogens is 358 g/mol. The fourth-order valence-electron chi connectivity index (χ4n) is 4.16. The zero-order valence-corrected chi connectivity index (χ0v) is 16.7. The van der Waals surface area contributed by atoms with Crippen molar-refractivity contribution < 1.29 is 4.79 Å². The van der Waals surface area contributed by atoms with Gasteiger partial charge in [-0.25, -0.2) is 9.97 Å². The van der Waals surface area contributed by atoms with Crippen LogP contribution >= 0.6 is 11.3 Å². The van der Waals surface area contributed by atoms with Gasteiger partial charge in [0.1, 0.15) is 0 Å². The summed E-state index contributed by atoms with van der Waals surface area (Å²) in [5, 5.41) is 4.08. The number of amides is 1. The lowest BCUT2D eigenvalue weighted by atomic mass is 9.87. The second kappa shape index (κ2) is 8.33. The number of anilines is 2. The van der Waals surface area contributed by atoms with Crippen molar-refractivity contribution in [3.8, 4) is 0 Å². The monoisotopic (exact) mass is 385 g/mol. The molecule has 3 heterocycles. The summed E-state index contributed by atoms with van der Waals surface area (Å²) in [5.74, 6) is 1.76. The zero-order valence-electron chi connectivity index (χ0n) is 15.9. The van der Waals surface area contributed by atoms with Gasteiger partial charge in [0.15, 0.2) is 10.9 Å². The lowest BCUT2D eigenvalue weighted by Gasteiger charge is -2.35. The van der Waals surface area contributed by atoms with Crippen LogP contribution in [0.15, 0.2) is 18.6 Å². The summed E-state index contributed by atoms with van der Waals surface area (Å²) in [4.78, 5) is 29.4. The Morgan fingerprint density at radius 1 is 1.11 bits per heavy atom. The van der Waals surface area contributed by atoms with Crippen molar-refractivity contribution in [2.45, 2.75) is 57.8 Å². The average molecular weight is 386 g/mol. The van der Waals surface area contributed by atoms with Gasteiger partial charge in [-0.05, 0) is 32.6 Å². The number of piperidine rings is 1. The van der Waals surface area contributed by atoms with Crippen molar-refractivity contribution in [1.82, 2.24) is 19.9 Å². The molecule has 2 fully saturated rings. The molecule has 7 heteroatoms. The van der Waals surface area contributed by atoms with Crippen molar-refractivity contribution in [2.24, 2.45) is 5.92 Å². The predicted octanol–water partition coefficient (Wildman–Crippen LogP) is 4.27. The zero-order chi connectivity index (χ0) is 18.6. The van der Waals surface area contributed by atoms with E-state index in [-0.39, 0.29) is 5.92 Å². The molecule has 1 saturated heterocycles. The molecule has 0 bridgehead atoms. The van der Waals surface area contributed by atoms with Crippen LogP contribution in [0.25, 0.3) is 0 Å². The number of hydrogen-bond donors (Lipinski definition) is 1. The molecule has 4 rings (SSSR count). The molecule has 1 amide bonds. The van der Waals surface area contributed by atoms with Crippen LogP contribution in [-0.2, 0) is 4.79 Å². The van der Waals surface area contributed by atoms with Crippen LogP contribution in [0.1, 0.15) is 61.4 Å². The van der Waals surface area contributed by atoms with Gasteiger partial charge in [0.25, 0.3) is 0 Å². The molecule has 1 aliphatic heterocycles. The van der Waals surface area contributed by atoms with Gasteiger partial charge in [-0.2, -0.15) is 0 Å². The molecular formula is C20H27N5OS. The summed E-state index contributed by atoms with van der Waals surface area (Å²) in [5.41, 5.74) is 1.01. The van der Waals surface area contributed by atoms with Crippen molar-refractivity contribution in [3.63, 3.8) is 0 Å². The summed E-state index contributed by atoms with van der Waals surface area (Å²) in [6.07, 6.45) is 13.2. The van der Waals surface area contributed by atoms with E-state index in [1.54, 1.807) is 17.5 Å². The van der Waals surface area contributed by atoms with Crippen LogP contribution in [-0.4, -0.2) is 38.8 Å². The van der Waals surface area contributed by atoms with Gasteiger partial charge in [-0.3, -0.25) is 9.78 Å². The van der Waals surface area contributed by atoms with Crippen LogP contribution in [0.5, 0.6) is 0 Å². The molecule has 2 aromatic rings. The Hall–Kier alpha value is -2.02.